The second kappa shape index (κ2) is 6.36. The molecule has 2 fully saturated rings. The van der Waals surface area contributed by atoms with E-state index in [-0.39, 0.29) is 26.2 Å². The van der Waals surface area contributed by atoms with Crippen molar-refractivity contribution in [3.05, 3.63) is 44.1 Å². The normalized spacial score (nSPS) is 26.4. The van der Waals surface area contributed by atoms with Crippen LogP contribution in [0.25, 0.3) is 0 Å². The third kappa shape index (κ3) is 3.70. The molecule has 142 valence electrons. The van der Waals surface area contributed by atoms with Crippen LogP contribution in [0.1, 0.15) is 13.8 Å². The van der Waals surface area contributed by atoms with Gasteiger partial charge in [0.15, 0.2) is 0 Å². The summed E-state index contributed by atoms with van der Waals surface area (Å²) in [5.41, 5.74) is -3.42. The Hall–Kier alpha value is -2.46. The van der Waals surface area contributed by atoms with Crippen LogP contribution in [0.3, 0.4) is 0 Å². The van der Waals surface area contributed by atoms with Gasteiger partial charge in [-0.25, -0.2) is 32.9 Å². The fourth-order valence-corrected chi connectivity index (χ4v) is 2.54. The van der Waals surface area contributed by atoms with Crippen molar-refractivity contribution in [3.63, 3.8) is 0 Å². The minimum Gasteiger partial charge on any atom is -0.461 e. The Labute approximate surface area is 148 Å². The number of rotatable bonds is 8. The SMILES string of the molecule is C=CC(=O)OCCn1c(=O)n(CC2(C)CO2)c(=O)n(CC2(C)CO2)c1=O. The highest BCUT2D eigenvalue weighted by Crippen LogP contribution is 2.27. The van der Waals surface area contributed by atoms with Crippen LogP contribution >= 0.6 is 0 Å². The zero-order chi connectivity index (χ0) is 19.1. The molecule has 10 heteroatoms. The molecule has 2 saturated heterocycles. The number of hydrogen-bond acceptors (Lipinski definition) is 7. The molecule has 0 aromatic carbocycles. The summed E-state index contributed by atoms with van der Waals surface area (Å²) in [4.78, 5) is 49.2. The van der Waals surface area contributed by atoms with Crippen molar-refractivity contribution in [1.82, 2.24) is 13.7 Å². The lowest BCUT2D eigenvalue weighted by atomic mass is 10.2. The molecule has 2 unspecified atom stereocenters. The highest BCUT2D eigenvalue weighted by molar-refractivity contribution is 5.81. The summed E-state index contributed by atoms with van der Waals surface area (Å²) < 4.78 is 18.2. The number of esters is 1. The molecule has 0 saturated carbocycles. The molecular formula is C16H21N3O7. The lowest BCUT2D eigenvalue weighted by Crippen LogP contribution is -2.56. The largest absolute Gasteiger partial charge is 0.461 e. The van der Waals surface area contributed by atoms with Crippen LogP contribution in [0.5, 0.6) is 0 Å². The molecule has 0 bridgehead atoms. The maximum Gasteiger partial charge on any atom is 0.336 e. The van der Waals surface area contributed by atoms with E-state index in [1.807, 2.05) is 0 Å². The number of aromatic nitrogens is 3. The van der Waals surface area contributed by atoms with Crippen LogP contribution in [0.4, 0.5) is 0 Å². The third-order valence-electron chi connectivity index (χ3n) is 4.37. The Morgan fingerprint density at radius 2 is 1.46 bits per heavy atom. The van der Waals surface area contributed by atoms with Gasteiger partial charge in [0, 0.05) is 6.08 Å². The summed E-state index contributed by atoms with van der Waals surface area (Å²) in [6, 6.07) is 0. The monoisotopic (exact) mass is 367 g/mol. The van der Waals surface area contributed by atoms with Crippen molar-refractivity contribution in [2.75, 3.05) is 19.8 Å². The summed E-state index contributed by atoms with van der Waals surface area (Å²) in [5.74, 6) is -0.663. The first-order valence-corrected chi connectivity index (χ1v) is 8.20. The molecule has 0 spiro atoms. The van der Waals surface area contributed by atoms with Crippen molar-refractivity contribution in [2.24, 2.45) is 0 Å². The molecule has 1 aromatic heterocycles. The highest BCUT2D eigenvalue weighted by Gasteiger charge is 2.43. The van der Waals surface area contributed by atoms with E-state index < -0.39 is 34.2 Å². The van der Waals surface area contributed by atoms with Crippen molar-refractivity contribution < 1.29 is 19.0 Å². The molecule has 3 rings (SSSR count). The van der Waals surface area contributed by atoms with Crippen LogP contribution in [0.2, 0.25) is 0 Å². The van der Waals surface area contributed by atoms with E-state index in [0.717, 1.165) is 19.8 Å². The van der Waals surface area contributed by atoms with Gasteiger partial charge in [-0.15, -0.1) is 0 Å². The first-order chi connectivity index (χ1) is 12.2. The summed E-state index contributed by atoms with van der Waals surface area (Å²) in [6.07, 6.45) is 0.985. The molecule has 2 aliphatic rings. The zero-order valence-corrected chi connectivity index (χ0v) is 14.7. The molecule has 2 atom stereocenters. The predicted molar refractivity (Wildman–Crippen MR) is 89.1 cm³/mol. The fourth-order valence-electron chi connectivity index (χ4n) is 2.54. The molecule has 3 heterocycles. The first kappa shape index (κ1) is 18.3. The van der Waals surface area contributed by atoms with Gasteiger partial charge >= 0.3 is 23.0 Å². The predicted octanol–water partition coefficient (Wildman–Crippen LogP) is -1.52. The lowest BCUT2D eigenvalue weighted by molar-refractivity contribution is -0.138. The minimum atomic E-state index is -0.760. The van der Waals surface area contributed by atoms with Gasteiger partial charge in [-0.3, -0.25) is 0 Å². The molecule has 0 aliphatic carbocycles. The molecule has 2 aliphatic heterocycles. The van der Waals surface area contributed by atoms with Crippen LogP contribution in [0.15, 0.2) is 27.0 Å². The van der Waals surface area contributed by atoms with E-state index in [1.54, 1.807) is 13.8 Å². The highest BCUT2D eigenvalue weighted by atomic mass is 16.6. The van der Waals surface area contributed by atoms with Gasteiger partial charge in [-0.05, 0) is 13.8 Å². The lowest BCUT2D eigenvalue weighted by Gasteiger charge is -2.16. The van der Waals surface area contributed by atoms with Crippen molar-refractivity contribution in [1.29, 1.82) is 0 Å². The van der Waals surface area contributed by atoms with E-state index in [2.05, 4.69) is 6.58 Å². The minimum absolute atomic E-state index is 0.0367. The quantitative estimate of drug-likeness (QED) is 0.311. The van der Waals surface area contributed by atoms with Crippen molar-refractivity contribution in [2.45, 2.75) is 44.7 Å². The average Bonchev–Trinajstić information content (AvgIpc) is 3.51. The topological polar surface area (TPSA) is 117 Å². The van der Waals surface area contributed by atoms with Crippen molar-refractivity contribution >= 4 is 5.97 Å². The average molecular weight is 367 g/mol. The zero-order valence-electron chi connectivity index (χ0n) is 14.7. The molecule has 26 heavy (non-hydrogen) atoms. The van der Waals surface area contributed by atoms with Gasteiger partial charge in [-0.2, -0.15) is 0 Å². The standard InChI is InChI=1S/C16H21N3O7/c1-4-11(20)24-6-5-17-12(21)18(7-15(2)9-25-15)14(23)19(13(17)22)8-16(3)10-26-16/h4H,1,5-10H2,2-3H3. The Kier molecular flexibility index (Phi) is 4.49. The molecule has 0 amide bonds. The van der Waals surface area contributed by atoms with Crippen LogP contribution in [-0.4, -0.2) is 50.7 Å². The van der Waals surface area contributed by atoms with Gasteiger partial charge in [0.2, 0.25) is 0 Å². The Morgan fingerprint density at radius 1 is 1.04 bits per heavy atom. The van der Waals surface area contributed by atoms with Gasteiger partial charge in [0.25, 0.3) is 0 Å². The number of carbonyl (C=O) groups is 1. The summed E-state index contributed by atoms with van der Waals surface area (Å²) in [5, 5.41) is 0. The Morgan fingerprint density at radius 3 is 1.85 bits per heavy atom. The molecule has 1 aromatic rings. The maximum atomic E-state index is 12.7. The van der Waals surface area contributed by atoms with Gasteiger partial charge < -0.3 is 14.2 Å². The van der Waals surface area contributed by atoms with E-state index in [0.29, 0.717) is 13.2 Å². The number of carbonyl (C=O) groups excluding carboxylic acids is 1. The Balaban J connectivity index is 1.99. The second-order valence-corrected chi connectivity index (χ2v) is 7.02. The third-order valence-corrected chi connectivity index (χ3v) is 4.37. The van der Waals surface area contributed by atoms with Crippen LogP contribution < -0.4 is 17.1 Å². The van der Waals surface area contributed by atoms with Gasteiger partial charge in [0.1, 0.15) is 17.8 Å². The molecular weight excluding hydrogens is 346 g/mol. The molecule has 10 nitrogen and oxygen atoms in total. The number of epoxide rings is 2. The number of hydrogen-bond donors (Lipinski definition) is 0. The van der Waals surface area contributed by atoms with Gasteiger partial charge in [0.05, 0.1) is 32.8 Å². The van der Waals surface area contributed by atoms with E-state index in [4.69, 9.17) is 14.2 Å². The molecule has 0 radical (unpaired) electrons. The van der Waals surface area contributed by atoms with E-state index in [9.17, 15) is 19.2 Å². The van der Waals surface area contributed by atoms with E-state index in [1.165, 1.54) is 0 Å². The number of nitrogens with zero attached hydrogens (tertiary/aromatic N) is 3. The summed E-state index contributed by atoms with van der Waals surface area (Å²) in [6.45, 7) is 7.38. The second-order valence-electron chi connectivity index (χ2n) is 7.02. The van der Waals surface area contributed by atoms with Crippen LogP contribution in [0, 0.1) is 0 Å². The van der Waals surface area contributed by atoms with Crippen molar-refractivity contribution in [3.8, 4) is 0 Å². The Bertz CT molecular complexity index is 857. The van der Waals surface area contributed by atoms with E-state index >= 15 is 0 Å². The maximum absolute atomic E-state index is 12.7. The molecule has 0 N–H and O–H groups in total. The smallest absolute Gasteiger partial charge is 0.336 e. The summed E-state index contributed by atoms with van der Waals surface area (Å²) >= 11 is 0. The fraction of sp³-hybridized carbons (Fsp3) is 0.625. The van der Waals surface area contributed by atoms with Crippen LogP contribution in [-0.2, 0) is 38.6 Å². The van der Waals surface area contributed by atoms with Gasteiger partial charge in [-0.1, -0.05) is 6.58 Å². The first-order valence-electron chi connectivity index (χ1n) is 8.20. The number of ether oxygens (including phenoxy) is 3. The summed E-state index contributed by atoms with van der Waals surface area (Å²) in [7, 11) is 0.